The SMILES string of the molecule is CC(C)CCC(C)(C)NC(=O)CN. The van der Waals surface area contributed by atoms with Gasteiger partial charge < -0.3 is 11.1 Å². The van der Waals surface area contributed by atoms with Crippen molar-refractivity contribution in [2.45, 2.75) is 46.1 Å². The molecule has 3 nitrogen and oxygen atoms in total. The molecule has 0 rings (SSSR count). The molecule has 0 radical (unpaired) electrons. The molecule has 0 unspecified atom stereocenters. The second-order valence-electron chi connectivity index (χ2n) is 4.57. The van der Waals surface area contributed by atoms with Gasteiger partial charge in [-0.1, -0.05) is 13.8 Å². The highest BCUT2D eigenvalue weighted by molar-refractivity contribution is 5.78. The molecular formula is C10H22N2O. The summed E-state index contributed by atoms with van der Waals surface area (Å²) < 4.78 is 0. The van der Waals surface area contributed by atoms with Crippen molar-refractivity contribution in [3.8, 4) is 0 Å². The Balaban J connectivity index is 3.86. The summed E-state index contributed by atoms with van der Waals surface area (Å²) in [6, 6.07) is 0. The van der Waals surface area contributed by atoms with Gasteiger partial charge in [0.05, 0.1) is 6.54 Å². The van der Waals surface area contributed by atoms with E-state index < -0.39 is 0 Å². The van der Waals surface area contributed by atoms with Gasteiger partial charge in [-0.3, -0.25) is 4.79 Å². The molecule has 0 aromatic heterocycles. The van der Waals surface area contributed by atoms with Gasteiger partial charge in [-0.2, -0.15) is 0 Å². The Morgan fingerprint density at radius 2 is 2.00 bits per heavy atom. The van der Waals surface area contributed by atoms with Crippen LogP contribution in [0, 0.1) is 5.92 Å². The molecule has 0 aliphatic rings. The number of nitrogens with one attached hydrogen (secondary N) is 1. The maximum atomic E-state index is 11.0. The van der Waals surface area contributed by atoms with Gasteiger partial charge in [0, 0.05) is 5.54 Å². The average molecular weight is 186 g/mol. The van der Waals surface area contributed by atoms with Crippen molar-refractivity contribution in [3.63, 3.8) is 0 Å². The van der Waals surface area contributed by atoms with E-state index in [1.807, 2.05) is 13.8 Å². The third-order valence-corrected chi connectivity index (χ3v) is 2.01. The highest BCUT2D eigenvalue weighted by atomic mass is 16.1. The topological polar surface area (TPSA) is 55.1 Å². The fraction of sp³-hybridized carbons (Fsp3) is 0.900. The number of carbonyl (C=O) groups excluding carboxylic acids is 1. The van der Waals surface area contributed by atoms with Crippen molar-refractivity contribution in [3.05, 3.63) is 0 Å². The lowest BCUT2D eigenvalue weighted by Gasteiger charge is -2.26. The van der Waals surface area contributed by atoms with Gasteiger partial charge in [-0.15, -0.1) is 0 Å². The highest BCUT2D eigenvalue weighted by Crippen LogP contribution is 2.15. The molecule has 78 valence electrons. The molecule has 0 aromatic rings. The molecule has 0 saturated heterocycles. The van der Waals surface area contributed by atoms with E-state index in [-0.39, 0.29) is 18.0 Å². The van der Waals surface area contributed by atoms with Crippen LogP contribution in [-0.2, 0) is 4.79 Å². The van der Waals surface area contributed by atoms with Gasteiger partial charge in [-0.05, 0) is 32.6 Å². The van der Waals surface area contributed by atoms with Crippen LogP contribution in [0.1, 0.15) is 40.5 Å². The van der Waals surface area contributed by atoms with Crippen LogP contribution in [0.2, 0.25) is 0 Å². The van der Waals surface area contributed by atoms with Gasteiger partial charge in [0.25, 0.3) is 0 Å². The average Bonchev–Trinajstić information content (AvgIpc) is 2.00. The van der Waals surface area contributed by atoms with Crippen molar-refractivity contribution < 1.29 is 4.79 Å². The second kappa shape index (κ2) is 5.22. The smallest absolute Gasteiger partial charge is 0.234 e. The van der Waals surface area contributed by atoms with Crippen molar-refractivity contribution >= 4 is 5.91 Å². The van der Waals surface area contributed by atoms with E-state index in [1.54, 1.807) is 0 Å². The quantitative estimate of drug-likeness (QED) is 0.679. The van der Waals surface area contributed by atoms with Crippen LogP contribution in [0.5, 0.6) is 0 Å². The van der Waals surface area contributed by atoms with Crippen LogP contribution in [-0.4, -0.2) is 18.0 Å². The van der Waals surface area contributed by atoms with E-state index in [1.165, 1.54) is 0 Å². The van der Waals surface area contributed by atoms with Crippen LogP contribution in [0.4, 0.5) is 0 Å². The first-order valence-electron chi connectivity index (χ1n) is 4.88. The summed E-state index contributed by atoms with van der Waals surface area (Å²) in [5.41, 5.74) is 5.10. The van der Waals surface area contributed by atoms with E-state index in [2.05, 4.69) is 19.2 Å². The number of hydrogen-bond donors (Lipinski definition) is 2. The van der Waals surface area contributed by atoms with Crippen molar-refractivity contribution in [2.75, 3.05) is 6.54 Å². The number of carbonyl (C=O) groups is 1. The minimum atomic E-state index is -0.124. The molecule has 0 spiro atoms. The first kappa shape index (κ1) is 12.4. The maximum absolute atomic E-state index is 11.0. The van der Waals surface area contributed by atoms with Crippen molar-refractivity contribution in [1.82, 2.24) is 5.32 Å². The Morgan fingerprint density at radius 1 is 1.46 bits per heavy atom. The number of hydrogen-bond acceptors (Lipinski definition) is 2. The van der Waals surface area contributed by atoms with Crippen LogP contribution >= 0.6 is 0 Å². The number of amides is 1. The van der Waals surface area contributed by atoms with Crippen LogP contribution in [0.25, 0.3) is 0 Å². The molecular weight excluding hydrogens is 164 g/mol. The van der Waals surface area contributed by atoms with Crippen molar-refractivity contribution in [1.29, 1.82) is 0 Å². The summed E-state index contributed by atoms with van der Waals surface area (Å²) >= 11 is 0. The Morgan fingerprint density at radius 3 is 2.38 bits per heavy atom. The normalized spacial score (nSPS) is 11.8. The largest absolute Gasteiger partial charge is 0.350 e. The van der Waals surface area contributed by atoms with E-state index in [0.717, 1.165) is 12.8 Å². The van der Waals surface area contributed by atoms with Crippen LogP contribution in [0.3, 0.4) is 0 Å². The van der Waals surface area contributed by atoms with Crippen molar-refractivity contribution in [2.24, 2.45) is 11.7 Å². The molecule has 0 aromatic carbocycles. The fourth-order valence-electron chi connectivity index (χ4n) is 1.14. The zero-order valence-electron chi connectivity index (χ0n) is 9.18. The van der Waals surface area contributed by atoms with Gasteiger partial charge >= 0.3 is 0 Å². The molecule has 1 amide bonds. The second-order valence-corrected chi connectivity index (χ2v) is 4.57. The molecule has 0 bridgehead atoms. The summed E-state index contributed by atoms with van der Waals surface area (Å²) in [6.45, 7) is 8.50. The Bertz CT molecular complexity index is 164. The molecule has 3 N–H and O–H groups in total. The Kier molecular flexibility index (Phi) is 4.99. The molecule has 13 heavy (non-hydrogen) atoms. The van der Waals surface area contributed by atoms with Crippen LogP contribution in [0.15, 0.2) is 0 Å². The molecule has 0 aliphatic carbocycles. The summed E-state index contributed by atoms with van der Waals surface area (Å²) in [5, 5.41) is 2.90. The monoisotopic (exact) mass is 186 g/mol. The lowest BCUT2D eigenvalue weighted by Crippen LogP contribution is -2.46. The van der Waals surface area contributed by atoms with E-state index >= 15 is 0 Å². The first-order valence-corrected chi connectivity index (χ1v) is 4.88. The molecule has 0 aliphatic heterocycles. The first-order chi connectivity index (χ1) is 5.87. The standard InChI is InChI=1S/C10H22N2O/c1-8(2)5-6-10(3,4)12-9(13)7-11/h8H,5-7,11H2,1-4H3,(H,12,13). The summed E-state index contributed by atoms with van der Waals surface area (Å²) in [6.07, 6.45) is 2.12. The fourth-order valence-corrected chi connectivity index (χ4v) is 1.14. The van der Waals surface area contributed by atoms with Gasteiger partial charge in [0.2, 0.25) is 5.91 Å². The molecule has 3 heteroatoms. The molecule has 0 saturated carbocycles. The van der Waals surface area contributed by atoms with Gasteiger partial charge in [0.15, 0.2) is 0 Å². The molecule has 0 heterocycles. The van der Waals surface area contributed by atoms with E-state index in [9.17, 15) is 4.79 Å². The Hall–Kier alpha value is -0.570. The third-order valence-electron chi connectivity index (χ3n) is 2.01. The minimum Gasteiger partial charge on any atom is -0.350 e. The van der Waals surface area contributed by atoms with Gasteiger partial charge in [-0.25, -0.2) is 0 Å². The third kappa shape index (κ3) is 6.58. The summed E-state index contributed by atoms with van der Waals surface area (Å²) in [5.74, 6) is 0.600. The highest BCUT2D eigenvalue weighted by Gasteiger charge is 2.19. The lowest BCUT2D eigenvalue weighted by molar-refractivity contribution is -0.121. The lowest BCUT2D eigenvalue weighted by atomic mass is 9.94. The predicted octanol–water partition coefficient (Wildman–Crippen LogP) is 1.28. The zero-order chi connectivity index (χ0) is 10.5. The maximum Gasteiger partial charge on any atom is 0.234 e. The zero-order valence-corrected chi connectivity index (χ0v) is 9.18. The van der Waals surface area contributed by atoms with E-state index in [4.69, 9.17) is 5.73 Å². The summed E-state index contributed by atoms with van der Waals surface area (Å²) in [7, 11) is 0. The number of nitrogens with two attached hydrogens (primary N) is 1. The minimum absolute atomic E-state index is 0.0745. The van der Waals surface area contributed by atoms with E-state index in [0.29, 0.717) is 5.92 Å². The predicted molar refractivity (Wildman–Crippen MR) is 55.3 cm³/mol. The molecule has 0 fully saturated rings. The Labute approximate surface area is 81.1 Å². The summed E-state index contributed by atoms with van der Waals surface area (Å²) in [4.78, 5) is 11.0. The van der Waals surface area contributed by atoms with Crippen LogP contribution < -0.4 is 11.1 Å². The number of rotatable bonds is 5. The molecule has 0 atom stereocenters. The van der Waals surface area contributed by atoms with Gasteiger partial charge in [0.1, 0.15) is 0 Å².